The van der Waals surface area contributed by atoms with E-state index in [1.807, 2.05) is 0 Å². The predicted molar refractivity (Wildman–Crippen MR) is 221 cm³/mol. The van der Waals surface area contributed by atoms with Crippen molar-refractivity contribution in [1.82, 2.24) is 8.97 Å². The topological polar surface area (TPSA) is 9.34 Å². The Morgan fingerprint density at radius 1 is 0.308 bits per heavy atom. The van der Waals surface area contributed by atoms with Crippen molar-refractivity contribution < 1.29 is 0 Å². The summed E-state index contributed by atoms with van der Waals surface area (Å²) in [6, 6.07) is 67.2. The molecule has 52 heavy (non-hydrogen) atoms. The lowest BCUT2D eigenvalue weighted by atomic mass is 9.95. The van der Waals surface area contributed by atoms with Gasteiger partial charge in [0.1, 0.15) is 0 Å². The maximum Gasteiger partial charge on any atom is 0.0628 e. The molecule has 240 valence electrons. The highest BCUT2D eigenvalue weighted by Gasteiger charge is 2.24. The molecule has 0 saturated heterocycles. The normalized spacial score (nSPS) is 12.2. The Bertz CT molecular complexity index is 3380. The highest BCUT2D eigenvalue weighted by Crippen LogP contribution is 2.47. The Morgan fingerprint density at radius 2 is 0.904 bits per heavy atom. The van der Waals surface area contributed by atoms with Crippen LogP contribution in [0.1, 0.15) is 0 Å². The number of fused-ring (bicyclic) bond motifs is 12. The van der Waals surface area contributed by atoms with Gasteiger partial charge in [0.05, 0.1) is 27.6 Å². The van der Waals surface area contributed by atoms with Gasteiger partial charge in [-0.15, -0.1) is 0 Å². The van der Waals surface area contributed by atoms with Gasteiger partial charge in [-0.1, -0.05) is 140 Å². The van der Waals surface area contributed by atoms with Crippen LogP contribution < -0.4 is 0 Å². The molecule has 9 aromatic carbocycles. The van der Waals surface area contributed by atoms with Gasteiger partial charge < -0.3 is 8.97 Å². The van der Waals surface area contributed by atoms with Crippen LogP contribution >= 0.6 is 0 Å². The van der Waals surface area contributed by atoms with E-state index in [0.29, 0.717) is 0 Å². The van der Waals surface area contributed by atoms with E-state index < -0.39 is 0 Å². The first-order valence-electron chi connectivity index (χ1n) is 18.0. The number of rotatable bonds is 3. The predicted octanol–water partition coefficient (Wildman–Crippen LogP) is 13.6. The molecule has 0 aliphatic carbocycles. The Hall–Kier alpha value is -6.90. The molecule has 3 aromatic heterocycles. The lowest BCUT2D eigenvalue weighted by Gasteiger charge is -2.14. The summed E-state index contributed by atoms with van der Waals surface area (Å²) in [4.78, 5) is 0. The summed E-state index contributed by atoms with van der Waals surface area (Å²) in [5.41, 5.74) is 12.3. The zero-order chi connectivity index (χ0) is 33.9. The van der Waals surface area contributed by atoms with Crippen molar-refractivity contribution in [3.05, 3.63) is 182 Å². The highest BCUT2D eigenvalue weighted by molar-refractivity contribution is 6.36. The first kappa shape index (κ1) is 27.9. The van der Waals surface area contributed by atoms with Crippen LogP contribution in [0.5, 0.6) is 0 Å². The highest BCUT2D eigenvalue weighted by atomic mass is 15.0. The molecule has 0 atom stereocenters. The largest absolute Gasteiger partial charge is 0.309 e. The van der Waals surface area contributed by atoms with Crippen molar-refractivity contribution in [3.63, 3.8) is 0 Å². The molecule has 0 spiro atoms. The average Bonchev–Trinajstić information content (AvgIpc) is 3.84. The Labute approximate surface area is 299 Å². The molecule has 0 unspecified atom stereocenters. The standard InChI is InChI=1S/C50H30N2/c1-2-12-31(13-3-1)32-22-24-33(25-23-32)41-29-37(26-36-16-6-7-17-38(36)41)51-44-20-10-8-18-39(44)48-47(51)30-43-42-27-34-14-4-5-15-35(34)28-46(42)52-45-21-11-9-19-40(45)49(48)50(43)52/h1-30H. The first-order chi connectivity index (χ1) is 25.8. The smallest absolute Gasteiger partial charge is 0.0628 e. The molecule has 0 bridgehead atoms. The second-order valence-electron chi connectivity index (χ2n) is 14.1. The maximum absolute atomic E-state index is 2.51. The number of hydrogen-bond acceptors (Lipinski definition) is 0. The molecule has 2 heteroatoms. The van der Waals surface area contributed by atoms with E-state index in [4.69, 9.17) is 0 Å². The fraction of sp³-hybridized carbons (Fsp3) is 0. The quantitative estimate of drug-likeness (QED) is 0.179. The van der Waals surface area contributed by atoms with Crippen LogP contribution in [0.25, 0.3) is 109 Å². The molecule has 12 rings (SSSR count). The van der Waals surface area contributed by atoms with Gasteiger partial charge in [-0.2, -0.15) is 0 Å². The van der Waals surface area contributed by atoms with E-state index in [1.165, 1.54) is 109 Å². The minimum Gasteiger partial charge on any atom is -0.309 e. The average molecular weight is 659 g/mol. The molecule has 0 radical (unpaired) electrons. The van der Waals surface area contributed by atoms with Crippen molar-refractivity contribution >= 4 is 81.4 Å². The molecule has 0 fully saturated rings. The Morgan fingerprint density at radius 3 is 1.69 bits per heavy atom. The van der Waals surface area contributed by atoms with Gasteiger partial charge in [-0.3, -0.25) is 0 Å². The van der Waals surface area contributed by atoms with Gasteiger partial charge >= 0.3 is 0 Å². The summed E-state index contributed by atoms with van der Waals surface area (Å²) < 4.78 is 5.03. The number of nitrogens with zero attached hydrogens (tertiary/aromatic N) is 2. The van der Waals surface area contributed by atoms with Gasteiger partial charge in [0.25, 0.3) is 0 Å². The van der Waals surface area contributed by atoms with Crippen molar-refractivity contribution in [1.29, 1.82) is 0 Å². The second kappa shape index (κ2) is 10.3. The van der Waals surface area contributed by atoms with E-state index in [0.717, 1.165) is 0 Å². The molecular formula is C50H30N2. The first-order valence-corrected chi connectivity index (χ1v) is 18.0. The van der Waals surface area contributed by atoms with Crippen LogP contribution in [0.3, 0.4) is 0 Å². The maximum atomic E-state index is 2.51. The summed E-state index contributed by atoms with van der Waals surface area (Å²) in [5.74, 6) is 0. The SMILES string of the molecule is c1ccc(-c2ccc(-c3cc(-n4c5ccccc5c5c6c7ccccc7n7c8cc9ccccc9cc8c(cc54)c67)cc4ccccc34)cc2)cc1. The van der Waals surface area contributed by atoms with E-state index in [-0.39, 0.29) is 0 Å². The molecular weight excluding hydrogens is 629 g/mol. The van der Waals surface area contributed by atoms with E-state index in [9.17, 15) is 0 Å². The fourth-order valence-electron chi connectivity index (χ4n) is 9.11. The molecule has 0 saturated carbocycles. The summed E-state index contributed by atoms with van der Waals surface area (Å²) in [7, 11) is 0. The van der Waals surface area contributed by atoms with Crippen molar-refractivity contribution in [2.45, 2.75) is 0 Å². The summed E-state index contributed by atoms with van der Waals surface area (Å²) in [6.07, 6.45) is 0. The van der Waals surface area contributed by atoms with Crippen LogP contribution in [0, 0.1) is 0 Å². The molecule has 2 nitrogen and oxygen atoms in total. The monoisotopic (exact) mass is 658 g/mol. The third kappa shape index (κ3) is 3.73. The van der Waals surface area contributed by atoms with Gasteiger partial charge in [-0.05, 0) is 86.3 Å². The lowest BCUT2D eigenvalue weighted by molar-refractivity contribution is 1.19. The van der Waals surface area contributed by atoms with E-state index in [2.05, 4.69) is 191 Å². The third-order valence-electron chi connectivity index (χ3n) is 11.4. The van der Waals surface area contributed by atoms with Gasteiger partial charge in [0.15, 0.2) is 0 Å². The van der Waals surface area contributed by atoms with Gasteiger partial charge in [0.2, 0.25) is 0 Å². The molecule has 0 aliphatic rings. The number of hydrogen-bond donors (Lipinski definition) is 0. The zero-order valence-electron chi connectivity index (χ0n) is 28.2. The molecule has 0 N–H and O–H groups in total. The van der Waals surface area contributed by atoms with Crippen molar-refractivity contribution in [2.24, 2.45) is 0 Å². The summed E-state index contributed by atoms with van der Waals surface area (Å²) in [5, 5.41) is 12.8. The van der Waals surface area contributed by atoms with Crippen molar-refractivity contribution in [2.75, 3.05) is 0 Å². The molecule has 0 aliphatic heterocycles. The number of para-hydroxylation sites is 2. The zero-order valence-corrected chi connectivity index (χ0v) is 28.2. The molecule has 12 aromatic rings. The van der Waals surface area contributed by atoms with Crippen molar-refractivity contribution in [3.8, 4) is 27.9 Å². The lowest BCUT2D eigenvalue weighted by Crippen LogP contribution is -1.96. The van der Waals surface area contributed by atoms with Crippen LogP contribution in [0.4, 0.5) is 0 Å². The third-order valence-corrected chi connectivity index (χ3v) is 11.4. The number of benzene rings is 9. The van der Waals surface area contributed by atoms with Gasteiger partial charge in [0, 0.05) is 38.0 Å². The van der Waals surface area contributed by atoms with E-state index >= 15 is 0 Å². The summed E-state index contributed by atoms with van der Waals surface area (Å²) in [6.45, 7) is 0. The van der Waals surface area contributed by atoms with Crippen LogP contribution in [0.2, 0.25) is 0 Å². The fourth-order valence-corrected chi connectivity index (χ4v) is 9.11. The molecule has 3 heterocycles. The summed E-state index contributed by atoms with van der Waals surface area (Å²) >= 11 is 0. The van der Waals surface area contributed by atoms with Gasteiger partial charge in [-0.25, -0.2) is 0 Å². The van der Waals surface area contributed by atoms with Crippen LogP contribution in [-0.4, -0.2) is 8.97 Å². The second-order valence-corrected chi connectivity index (χ2v) is 14.1. The Balaban J connectivity index is 1.21. The van der Waals surface area contributed by atoms with Crippen LogP contribution in [-0.2, 0) is 0 Å². The Kier molecular flexibility index (Phi) is 5.53. The van der Waals surface area contributed by atoms with Crippen LogP contribution in [0.15, 0.2) is 182 Å². The minimum atomic E-state index is 1.17. The molecule has 0 amide bonds. The minimum absolute atomic E-state index is 1.17. The van der Waals surface area contributed by atoms with E-state index in [1.54, 1.807) is 0 Å². The number of aromatic nitrogens is 2.